The molecule has 0 atom stereocenters. The zero-order valence-corrected chi connectivity index (χ0v) is 20.3. The van der Waals surface area contributed by atoms with E-state index < -0.39 is 16.1 Å². The van der Waals surface area contributed by atoms with Crippen molar-refractivity contribution in [2.75, 3.05) is 13.7 Å². The van der Waals surface area contributed by atoms with E-state index in [0.717, 1.165) is 5.56 Å². The number of halogens is 1. The first-order chi connectivity index (χ1) is 16.2. The third-order valence-corrected chi connectivity index (χ3v) is 7.18. The molecule has 0 bridgehead atoms. The van der Waals surface area contributed by atoms with Crippen molar-refractivity contribution in [1.82, 2.24) is 15.4 Å². The van der Waals surface area contributed by atoms with Gasteiger partial charge in [-0.1, -0.05) is 23.7 Å². The average molecular weight is 510 g/mol. The van der Waals surface area contributed by atoms with Gasteiger partial charge in [-0.05, 0) is 68.0 Å². The molecule has 1 saturated carbocycles. The normalized spacial score (nSPS) is 18.1. The van der Waals surface area contributed by atoms with Gasteiger partial charge < -0.3 is 20.5 Å². The van der Waals surface area contributed by atoms with Crippen LogP contribution in [0.15, 0.2) is 47.4 Å². The summed E-state index contributed by atoms with van der Waals surface area (Å²) in [6.45, 7) is 0.317. The number of benzene rings is 2. The lowest BCUT2D eigenvalue weighted by atomic mass is 9.93. The molecule has 0 unspecified atom stereocenters. The molecule has 0 aromatic heterocycles. The summed E-state index contributed by atoms with van der Waals surface area (Å²) >= 11 is 5.96. The molecule has 1 fully saturated rings. The molecule has 3 amide bonds. The lowest BCUT2D eigenvalue weighted by Crippen LogP contribution is -2.46. The van der Waals surface area contributed by atoms with Crippen LogP contribution in [0.2, 0.25) is 5.02 Å². The van der Waals surface area contributed by atoms with Gasteiger partial charge in [0.25, 0.3) is 15.9 Å². The summed E-state index contributed by atoms with van der Waals surface area (Å²) in [5.74, 6) is 0.0790. The Morgan fingerprint density at radius 1 is 1.09 bits per heavy atom. The minimum absolute atomic E-state index is 0.0434. The Bertz CT molecular complexity index is 1120. The molecule has 3 rings (SSSR count). The molecule has 0 radical (unpaired) electrons. The minimum atomic E-state index is -4.03. The van der Waals surface area contributed by atoms with E-state index in [0.29, 0.717) is 55.0 Å². The highest BCUT2D eigenvalue weighted by Crippen LogP contribution is 2.22. The first-order valence-corrected chi connectivity index (χ1v) is 12.8. The summed E-state index contributed by atoms with van der Waals surface area (Å²) in [5, 5.41) is 15.4. The Labute approximate surface area is 203 Å². The zero-order valence-electron chi connectivity index (χ0n) is 18.7. The number of nitrogens with one attached hydrogen (secondary N) is 3. The number of hydrogen-bond acceptors (Lipinski definition) is 6. The first kappa shape index (κ1) is 25.8. The van der Waals surface area contributed by atoms with Gasteiger partial charge in [0.1, 0.15) is 5.75 Å². The summed E-state index contributed by atoms with van der Waals surface area (Å²) in [4.78, 5) is 24.5. The SMILES string of the molecule is COc1ccc(Cl)cc1C(=O)NCCc1ccc(S(=O)(=O)NC(=O)N[C@H]2CC[C@H](O)CC2)cc1. The highest BCUT2D eigenvalue weighted by molar-refractivity contribution is 7.90. The van der Waals surface area contributed by atoms with Gasteiger partial charge in [0, 0.05) is 17.6 Å². The fraction of sp³-hybridized carbons (Fsp3) is 0.391. The van der Waals surface area contributed by atoms with Gasteiger partial charge in [-0.3, -0.25) is 4.79 Å². The fourth-order valence-electron chi connectivity index (χ4n) is 3.72. The number of hydrogen-bond donors (Lipinski definition) is 4. The second-order valence-electron chi connectivity index (χ2n) is 8.08. The van der Waals surface area contributed by atoms with E-state index in [1.165, 1.54) is 25.3 Å². The summed E-state index contributed by atoms with van der Waals surface area (Å²) in [6.07, 6.45) is 2.46. The van der Waals surface area contributed by atoms with Crippen molar-refractivity contribution in [3.05, 3.63) is 58.6 Å². The Hall–Kier alpha value is -2.82. The number of carbonyl (C=O) groups excluding carboxylic acids is 2. The van der Waals surface area contributed by atoms with Crippen LogP contribution in [0.1, 0.15) is 41.6 Å². The van der Waals surface area contributed by atoms with Gasteiger partial charge in [-0.2, -0.15) is 0 Å². The molecule has 0 aliphatic heterocycles. The summed E-state index contributed by atoms with van der Waals surface area (Å²) in [6, 6.07) is 9.88. The number of urea groups is 1. The summed E-state index contributed by atoms with van der Waals surface area (Å²) < 4.78 is 32.2. The number of amides is 3. The summed E-state index contributed by atoms with van der Waals surface area (Å²) in [5.41, 5.74) is 1.13. The van der Waals surface area contributed by atoms with E-state index in [2.05, 4.69) is 10.6 Å². The largest absolute Gasteiger partial charge is 0.496 e. The van der Waals surface area contributed by atoms with E-state index in [-0.39, 0.29) is 22.9 Å². The second-order valence-corrected chi connectivity index (χ2v) is 10.2. The maximum absolute atomic E-state index is 12.5. The fourth-order valence-corrected chi connectivity index (χ4v) is 4.81. The number of aliphatic hydroxyl groups excluding tert-OH is 1. The molecule has 0 saturated heterocycles. The van der Waals surface area contributed by atoms with Gasteiger partial charge >= 0.3 is 6.03 Å². The molecular weight excluding hydrogens is 482 g/mol. The topological polar surface area (TPSA) is 134 Å². The van der Waals surface area contributed by atoms with Crippen LogP contribution in [0.3, 0.4) is 0 Å². The van der Waals surface area contributed by atoms with E-state index in [9.17, 15) is 23.1 Å². The van der Waals surface area contributed by atoms with Crippen LogP contribution in [-0.2, 0) is 16.4 Å². The first-order valence-electron chi connectivity index (χ1n) is 10.9. The molecule has 2 aromatic carbocycles. The monoisotopic (exact) mass is 509 g/mol. The Morgan fingerprint density at radius 2 is 1.76 bits per heavy atom. The Balaban J connectivity index is 1.50. The van der Waals surface area contributed by atoms with Crippen molar-refractivity contribution in [3.8, 4) is 5.75 Å². The van der Waals surface area contributed by atoms with Crippen LogP contribution in [0.25, 0.3) is 0 Å². The zero-order chi connectivity index (χ0) is 24.7. The maximum Gasteiger partial charge on any atom is 0.328 e. The third kappa shape index (κ3) is 7.09. The Morgan fingerprint density at radius 3 is 2.41 bits per heavy atom. The smallest absolute Gasteiger partial charge is 0.328 e. The van der Waals surface area contributed by atoms with Crippen LogP contribution in [0, 0.1) is 0 Å². The van der Waals surface area contributed by atoms with Crippen LogP contribution < -0.4 is 20.1 Å². The average Bonchev–Trinajstić information content (AvgIpc) is 2.80. The molecule has 9 nitrogen and oxygen atoms in total. The highest BCUT2D eigenvalue weighted by Gasteiger charge is 2.23. The molecule has 11 heteroatoms. The van der Waals surface area contributed by atoms with E-state index >= 15 is 0 Å². The number of aliphatic hydroxyl groups is 1. The van der Waals surface area contributed by atoms with E-state index in [1.54, 1.807) is 24.3 Å². The van der Waals surface area contributed by atoms with Gasteiger partial charge in [-0.25, -0.2) is 17.9 Å². The quantitative estimate of drug-likeness (QED) is 0.432. The van der Waals surface area contributed by atoms with Gasteiger partial charge in [0.2, 0.25) is 0 Å². The van der Waals surface area contributed by atoms with Crippen molar-refractivity contribution in [1.29, 1.82) is 0 Å². The minimum Gasteiger partial charge on any atom is -0.496 e. The molecule has 0 heterocycles. The summed E-state index contributed by atoms with van der Waals surface area (Å²) in [7, 11) is -2.56. The van der Waals surface area contributed by atoms with E-state index in [1.807, 2.05) is 4.72 Å². The van der Waals surface area contributed by atoms with Crippen molar-refractivity contribution >= 4 is 33.6 Å². The number of rotatable bonds is 8. The molecular formula is C23H28ClN3O6S. The predicted molar refractivity (Wildman–Crippen MR) is 128 cm³/mol. The molecule has 34 heavy (non-hydrogen) atoms. The van der Waals surface area contributed by atoms with E-state index in [4.69, 9.17) is 16.3 Å². The number of sulfonamides is 1. The second kappa shape index (κ2) is 11.5. The predicted octanol–water partition coefficient (Wildman–Crippen LogP) is 2.61. The van der Waals surface area contributed by atoms with Gasteiger partial charge in [-0.15, -0.1) is 0 Å². The van der Waals surface area contributed by atoms with Gasteiger partial charge in [0.05, 0.1) is 23.7 Å². The lowest BCUT2D eigenvalue weighted by molar-refractivity contribution is 0.0951. The van der Waals surface area contributed by atoms with Crippen LogP contribution in [-0.4, -0.2) is 51.3 Å². The Kier molecular flexibility index (Phi) is 8.76. The number of ether oxygens (including phenoxy) is 1. The standard InChI is InChI=1S/C23H28ClN3O6S/c1-33-21-11-4-16(24)14-20(21)22(29)25-13-12-15-2-9-19(10-3-15)34(31,32)27-23(30)26-17-5-7-18(28)8-6-17/h2-4,9-11,14,17-18,28H,5-8,12-13H2,1H3,(H,25,29)(H2,26,27,30)/t17-,18-. The molecule has 1 aliphatic carbocycles. The lowest BCUT2D eigenvalue weighted by Gasteiger charge is -2.26. The molecule has 0 spiro atoms. The van der Waals surface area contributed by atoms with Crippen LogP contribution >= 0.6 is 11.6 Å². The van der Waals surface area contributed by atoms with Crippen molar-refractivity contribution in [2.24, 2.45) is 0 Å². The van der Waals surface area contributed by atoms with Crippen LogP contribution in [0.5, 0.6) is 5.75 Å². The third-order valence-electron chi connectivity index (χ3n) is 5.60. The van der Waals surface area contributed by atoms with Crippen molar-refractivity contribution < 1.29 is 27.9 Å². The maximum atomic E-state index is 12.5. The van der Waals surface area contributed by atoms with Crippen molar-refractivity contribution in [2.45, 2.75) is 49.1 Å². The molecule has 184 valence electrons. The number of carbonyl (C=O) groups is 2. The highest BCUT2D eigenvalue weighted by atomic mass is 35.5. The molecule has 2 aromatic rings. The number of methoxy groups -OCH3 is 1. The molecule has 4 N–H and O–H groups in total. The molecule has 1 aliphatic rings. The van der Waals surface area contributed by atoms with Crippen LogP contribution in [0.4, 0.5) is 4.79 Å². The van der Waals surface area contributed by atoms with Gasteiger partial charge in [0.15, 0.2) is 0 Å². The van der Waals surface area contributed by atoms with Crippen molar-refractivity contribution in [3.63, 3.8) is 0 Å².